The number of nitrogens with zero attached hydrogens (tertiary/aromatic N) is 1. The SMILES string of the molecule is O=[N+]([O-])c1cc(F)c(Br)cc1NC1CCCc2sccc21. The Morgan fingerprint density at radius 3 is 3.05 bits per heavy atom. The van der Waals surface area contributed by atoms with Crippen molar-refractivity contribution < 1.29 is 9.31 Å². The second-order valence-corrected chi connectivity index (χ2v) is 6.78. The molecule has 3 rings (SSSR count). The first kappa shape index (κ1) is 14.5. The highest BCUT2D eigenvalue weighted by molar-refractivity contribution is 9.10. The van der Waals surface area contributed by atoms with Crippen LogP contribution in [0.15, 0.2) is 28.1 Å². The first-order chi connectivity index (χ1) is 10.1. The van der Waals surface area contributed by atoms with Crippen LogP contribution in [0.25, 0.3) is 0 Å². The molecule has 0 aliphatic heterocycles. The Labute approximate surface area is 133 Å². The average molecular weight is 371 g/mol. The van der Waals surface area contributed by atoms with Gasteiger partial charge in [0.25, 0.3) is 5.69 Å². The Bertz CT molecular complexity index is 704. The van der Waals surface area contributed by atoms with Crippen molar-refractivity contribution in [3.63, 3.8) is 0 Å². The Hall–Kier alpha value is -1.47. The molecule has 0 saturated heterocycles. The molecular formula is C14H12BrFN2O2S. The van der Waals surface area contributed by atoms with E-state index in [0.29, 0.717) is 5.69 Å². The van der Waals surface area contributed by atoms with E-state index in [1.807, 2.05) is 5.38 Å². The number of thiophene rings is 1. The van der Waals surface area contributed by atoms with Gasteiger partial charge < -0.3 is 5.32 Å². The lowest BCUT2D eigenvalue weighted by atomic mass is 9.94. The van der Waals surface area contributed by atoms with Gasteiger partial charge in [-0.3, -0.25) is 10.1 Å². The van der Waals surface area contributed by atoms with Crippen LogP contribution in [0.2, 0.25) is 0 Å². The van der Waals surface area contributed by atoms with E-state index in [0.717, 1.165) is 25.3 Å². The molecular weight excluding hydrogens is 359 g/mol. The monoisotopic (exact) mass is 370 g/mol. The van der Waals surface area contributed by atoms with Crippen LogP contribution in [-0.2, 0) is 6.42 Å². The molecule has 2 aromatic rings. The minimum atomic E-state index is -0.632. The lowest BCUT2D eigenvalue weighted by molar-refractivity contribution is -0.384. The van der Waals surface area contributed by atoms with Crippen molar-refractivity contribution in [2.75, 3.05) is 5.32 Å². The first-order valence-corrected chi connectivity index (χ1v) is 8.20. The number of aryl methyl sites for hydroxylation is 1. The van der Waals surface area contributed by atoms with E-state index in [2.05, 4.69) is 27.3 Å². The minimum Gasteiger partial charge on any atom is -0.373 e. The van der Waals surface area contributed by atoms with Crippen LogP contribution in [0.4, 0.5) is 15.8 Å². The van der Waals surface area contributed by atoms with Gasteiger partial charge in [0.1, 0.15) is 11.5 Å². The van der Waals surface area contributed by atoms with Crippen LogP contribution in [0, 0.1) is 15.9 Å². The van der Waals surface area contributed by atoms with E-state index < -0.39 is 10.7 Å². The van der Waals surface area contributed by atoms with Crippen LogP contribution < -0.4 is 5.32 Å². The van der Waals surface area contributed by atoms with Crippen molar-refractivity contribution in [3.05, 3.63) is 54.4 Å². The van der Waals surface area contributed by atoms with E-state index in [9.17, 15) is 14.5 Å². The molecule has 0 fully saturated rings. The molecule has 4 nitrogen and oxygen atoms in total. The molecule has 1 N–H and O–H groups in total. The molecule has 0 spiro atoms. The summed E-state index contributed by atoms with van der Waals surface area (Å²) in [5.41, 5.74) is 1.30. The van der Waals surface area contributed by atoms with E-state index in [1.54, 1.807) is 11.3 Å². The number of halogens is 2. The molecule has 110 valence electrons. The van der Waals surface area contributed by atoms with Crippen LogP contribution in [0.1, 0.15) is 29.3 Å². The summed E-state index contributed by atoms with van der Waals surface area (Å²) in [6.07, 6.45) is 3.01. The summed E-state index contributed by atoms with van der Waals surface area (Å²) < 4.78 is 13.7. The smallest absolute Gasteiger partial charge is 0.295 e. The molecule has 7 heteroatoms. The lowest BCUT2D eigenvalue weighted by Crippen LogP contribution is -2.16. The van der Waals surface area contributed by atoms with Crippen molar-refractivity contribution in [3.8, 4) is 0 Å². The molecule has 1 aromatic carbocycles. The predicted octanol–water partition coefficient (Wildman–Crippen LogP) is 5.05. The molecule has 21 heavy (non-hydrogen) atoms. The highest BCUT2D eigenvalue weighted by atomic mass is 79.9. The Kier molecular flexibility index (Phi) is 3.95. The molecule has 0 bridgehead atoms. The van der Waals surface area contributed by atoms with Gasteiger partial charge in [0.15, 0.2) is 0 Å². The maximum Gasteiger partial charge on any atom is 0.295 e. The van der Waals surface area contributed by atoms with Gasteiger partial charge in [-0.1, -0.05) is 0 Å². The molecule has 0 amide bonds. The fraction of sp³-hybridized carbons (Fsp3) is 0.286. The van der Waals surface area contributed by atoms with Gasteiger partial charge in [0, 0.05) is 4.88 Å². The summed E-state index contributed by atoms with van der Waals surface area (Å²) in [5, 5.41) is 16.4. The maximum absolute atomic E-state index is 13.5. The molecule has 1 aliphatic rings. The summed E-state index contributed by atoms with van der Waals surface area (Å²) >= 11 is 4.80. The van der Waals surface area contributed by atoms with E-state index in [4.69, 9.17) is 0 Å². The van der Waals surface area contributed by atoms with Gasteiger partial charge in [0.05, 0.1) is 21.5 Å². The van der Waals surface area contributed by atoms with Crippen LogP contribution in [0.5, 0.6) is 0 Å². The van der Waals surface area contributed by atoms with Crippen LogP contribution in [0.3, 0.4) is 0 Å². The highest BCUT2D eigenvalue weighted by Crippen LogP contribution is 2.38. The standard InChI is InChI=1S/C14H12BrFN2O2S/c15-9-6-12(13(18(19)20)7-10(9)16)17-11-2-1-3-14-8(11)4-5-21-14/h4-7,11,17H,1-3H2. The topological polar surface area (TPSA) is 55.2 Å². The quantitative estimate of drug-likeness (QED) is 0.607. The second-order valence-electron chi connectivity index (χ2n) is 4.93. The summed E-state index contributed by atoms with van der Waals surface area (Å²) in [5.74, 6) is -0.632. The normalized spacial score (nSPS) is 17.3. The fourth-order valence-electron chi connectivity index (χ4n) is 2.63. The Morgan fingerprint density at radius 2 is 2.29 bits per heavy atom. The van der Waals surface area contributed by atoms with Gasteiger partial charge in [0.2, 0.25) is 0 Å². The number of fused-ring (bicyclic) bond motifs is 1. The van der Waals surface area contributed by atoms with Crippen molar-refractivity contribution in [2.45, 2.75) is 25.3 Å². The summed E-state index contributed by atoms with van der Waals surface area (Å²) in [6.45, 7) is 0. The number of nitrogens with one attached hydrogen (secondary N) is 1. The minimum absolute atomic E-state index is 0.0380. The van der Waals surface area contributed by atoms with Crippen molar-refractivity contribution >= 4 is 38.6 Å². The van der Waals surface area contributed by atoms with E-state index in [-0.39, 0.29) is 16.2 Å². The third-order valence-corrected chi connectivity index (χ3v) is 5.22. The Balaban J connectivity index is 1.96. The molecule has 1 heterocycles. The van der Waals surface area contributed by atoms with Gasteiger partial charge in [-0.2, -0.15) is 0 Å². The second kappa shape index (κ2) is 5.73. The maximum atomic E-state index is 13.5. The van der Waals surface area contributed by atoms with Crippen LogP contribution in [-0.4, -0.2) is 4.92 Å². The zero-order valence-corrected chi connectivity index (χ0v) is 13.3. The molecule has 1 atom stereocenters. The molecule has 1 unspecified atom stereocenters. The van der Waals surface area contributed by atoms with E-state index >= 15 is 0 Å². The lowest BCUT2D eigenvalue weighted by Gasteiger charge is -2.24. The van der Waals surface area contributed by atoms with Gasteiger partial charge in [-0.05, 0) is 58.3 Å². The zero-order chi connectivity index (χ0) is 15.0. The third-order valence-electron chi connectivity index (χ3n) is 3.62. The van der Waals surface area contributed by atoms with E-state index in [1.165, 1.54) is 16.5 Å². The highest BCUT2D eigenvalue weighted by Gasteiger charge is 2.25. The number of anilines is 1. The van der Waals surface area contributed by atoms with Crippen molar-refractivity contribution in [1.29, 1.82) is 0 Å². The molecule has 1 aliphatic carbocycles. The number of benzene rings is 1. The summed E-state index contributed by atoms with van der Waals surface area (Å²) in [7, 11) is 0. The molecule has 0 radical (unpaired) electrons. The van der Waals surface area contributed by atoms with Crippen molar-refractivity contribution in [1.82, 2.24) is 0 Å². The molecule has 1 aromatic heterocycles. The summed E-state index contributed by atoms with van der Waals surface area (Å²) in [6, 6.07) is 4.48. The van der Waals surface area contributed by atoms with Gasteiger partial charge in [-0.15, -0.1) is 11.3 Å². The number of rotatable bonds is 3. The molecule has 0 saturated carbocycles. The fourth-order valence-corrected chi connectivity index (χ4v) is 3.96. The third kappa shape index (κ3) is 2.80. The number of hydrogen-bond donors (Lipinski definition) is 1. The number of nitro benzene ring substituents is 1. The Morgan fingerprint density at radius 1 is 1.48 bits per heavy atom. The number of hydrogen-bond acceptors (Lipinski definition) is 4. The zero-order valence-electron chi connectivity index (χ0n) is 10.9. The first-order valence-electron chi connectivity index (χ1n) is 6.52. The predicted molar refractivity (Wildman–Crippen MR) is 84.4 cm³/mol. The van der Waals surface area contributed by atoms with Crippen molar-refractivity contribution in [2.24, 2.45) is 0 Å². The van der Waals surface area contributed by atoms with Gasteiger partial charge >= 0.3 is 0 Å². The largest absolute Gasteiger partial charge is 0.373 e. The average Bonchev–Trinajstić information content (AvgIpc) is 2.91. The van der Waals surface area contributed by atoms with Crippen LogP contribution >= 0.6 is 27.3 Å². The summed E-state index contributed by atoms with van der Waals surface area (Å²) in [4.78, 5) is 11.9. The van der Waals surface area contributed by atoms with Gasteiger partial charge in [-0.25, -0.2) is 4.39 Å². The number of nitro groups is 1.